The third-order valence-corrected chi connectivity index (χ3v) is 3.09. The van der Waals surface area contributed by atoms with Crippen molar-refractivity contribution in [1.82, 2.24) is 9.97 Å². The Bertz CT molecular complexity index is 449. The summed E-state index contributed by atoms with van der Waals surface area (Å²) in [6, 6.07) is 0. The highest BCUT2D eigenvalue weighted by molar-refractivity contribution is 5.55. The molecule has 1 rings (SSSR count). The van der Waals surface area contributed by atoms with E-state index in [9.17, 15) is 0 Å². The molecule has 1 heterocycles. The summed E-state index contributed by atoms with van der Waals surface area (Å²) < 4.78 is 5.39. The standard InChI is InChI=1S/C14H26N4O/c1-9-10(15)17-12(13(2,3)4)18-11(9)16-8-14(5,6)19-7/h8H2,1-7H3,(H3,15,16,17,18). The van der Waals surface area contributed by atoms with Crippen molar-refractivity contribution in [2.75, 3.05) is 24.7 Å². The molecule has 5 heteroatoms. The molecule has 0 unspecified atom stereocenters. The molecule has 0 aromatic carbocycles. The number of rotatable bonds is 4. The maximum absolute atomic E-state index is 5.97. The van der Waals surface area contributed by atoms with Crippen LogP contribution in [0.5, 0.6) is 0 Å². The van der Waals surface area contributed by atoms with Crippen LogP contribution in [0.1, 0.15) is 46.0 Å². The first-order chi connectivity index (χ1) is 8.57. The van der Waals surface area contributed by atoms with Crippen molar-refractivity contribution < 1.29 is 4.74 Å². The molecule has 0 atom stereocenters. The Morgan fingerprint density at radius 1 is 1.16 bits per heavy atom. The van der Waals surface area contributed by atoms with Gasteiger partial charge in [0.25, 0.3) is 0 Å². The molecule has 0 spiro atoms. The van der Waals surface area contributed by atoms with Crippen molar-refractivity contribution in [2.45, 2.75) is 52.6 Å². The first kappa shape index (κ1) is 15.7. The Morgan fingerprint density at radius 2 is 1.74 bits per heavy atom. The minimum atomic E-state index is -0.256. The van der Waals surface area contributed by atoms with Crippen molar-refractivity contribution in [1.29, 1.82) is 0 Å². The molecule has 3 N–H and O–H groups in total. The molecule has 1 aromatic heterocycles. The quantitative estimate of drug-likeness (QED) is 0.876. The molecular weight excluding hydrogens is 240 g/mol. The average Bonchev–Trinajstić information content (AvgIpc) is 2.29. The van der Waals surface area contributed by atoms with E-state index in [1.165, 1.54) is 0 Å². The Kier molecular flexibility index (Phi) is 4.40. The number of aromatic nitrogens is 2. The fourth-order valence-corrected chi connectivity index (χ4v) is 1.41. The highest BCUT2D eigenvalue weighted by Gasteiger charge is 2.22. The molecule has 1 aromatic rings. The topological polar surface area (TPSA) is 73.1 Å². The molecule has 19 heavy (non-hydrogen) atoms. The molecule has 108 valence electrons. The van der Waals surface area contributed by atoms with E-state index in [1.54, 1.807) is 7.11 Å². The molecule has 5 nitrogen and oxygen atoms in total. The molecule has 0 saturated heterocycles. The lowest BCUT2D eigenvalue weighted by Gasteiger charge is -2.25. The van der Waals surface area contributed by atoms with Gasteiger partial charge < -0.3 is 15.8 Å². The maximum Gasteiger partial charge on any atom is 0.138 e. The number of ether oxygens (including phenoxy) is 1. The van der Waals surface area contributed by atoms with Crippen molar-refractivity contribution in [2.24, 2.45) is 0 Å². The monoisotopic (exact) mass is 266 g/mol. The van der Waals surface area contributed by atoms with Crippen LogP contribution in [0.3, 0.4) is 0 Å². The molecule has 0 fully saturated rings. The summed E-state index contributed by atoms with van der Waals surface area (Å²) in [6.07, 6.45) is 0. The smallest absolute Gasteiger partial charge is 0.138 e. The zero-order valence-electron chi connectivity index (χ0n) is 13.1. The predicted octanol–water partition coefficient (Wildman–Crippen LogP) is 2.50. The highest BCUT2D eigenvalue weighted by atomic mass is 16.5. The lowest BCUT2D eigenvalue weighted by molar-refractivity contribution is 0.0343. The zero-order valence-corrected chi connectivity index (χ0v) is 13.1. The van der Waals surface area contributed by atoms with Gasteiger partial charge in [0.15, 0.2) is 0 Å². The molecule has 0 aliphatic heterocycles. The van der Waals surface area contributed by atoms with Crippen molar-refractivity contribution in [3.8, 4) is 0 Å². The minimum Gasteiger partial charge on any atom is -0.383 e. The number of nitrogens with one attached hydrogen (secondary N) is 1. The van der Waals surface area contributed by atoms with Gasteiger partial charge in [-0.1, -0.05) is 20.8 Å². The van der Waals surface area contributed by atoms with Crippen molar-refractivity contribution in [3.63, 3.8) is 0 Å². The molecule has 0 aliphatic carbocycles. The number of methoxy groups -OCH3 is 1. The summed E-state index contributed by atoms with van der Waals surface area (Å²) in [5, 5.41) is 3.30. The van der Waals surface area contributed by atoms with E-state index in [4.69, 9.17) is 10.5 Å². The maximum atomic E-state index is 5.97. The normalized spacial score (nSPS) is 12.6. The lowest BCUT2D eigenvalue weighted by atomic mass is 9.95. The number of nitrogens with zero attached hydrogens (tertiary/aromatic N) is 2. The predicted molar refractivity (Wildman–Crippen MR) is 79.5 cm³/mol. The van der Waals surface area contributed by atoms with E-state index in [2.05, 4.69) is 36.1 Å². The molecule has 0 saturated carbocycles. The summed E-state index contributed by atoms with van der Waals surface area (Å²) in [7, 11) is 1.70. The van der Waals surface area contributed by atoms with Gasteiger partial charge in [0.1, 0.15) is 17.5 Å². The van der Waals surface area contributed by atoms with Gasteiger partial charge in [-0.2, -0.15) is 0 Å². The summed E-state index contributed by atoms with van der Waals surface area (Å²) in [5.74, 6) is 2.05. The van der Waals surface area contributed by atoms with Crippen LogP contribution in [0.4, 0.5) is 11.6 Å². The average molecular weight is 266 g/mol. The minimum absolute atomic E-state index is 0.130. The summed E-state index contributed by atoms with van der Waals surface area (Å²) in [5.41, 5.74) is 6.46. The van der Waals surface area contributed by atoms with E-state index in [-0.39, 0.29) is 11.0 Å². The molecule has 0 bridgehead atoms. The van der Waals surface area contributed by atoms with Crippen LogP contribution in [0.15, 0.2) is 0 Å². The number of hydrogen-bond donors (Lipinski definition) is 2. The van der Waals surface area contributed by atoms with Crippen LogP contribution in [-0.2, 0) is 10.2 Å². The second-order valence-corrected chi connectivity index (χ2v) is 6.47. The SMILES string of the molecule is COC(C)(C)CNc1nc(C(C)(C)C)nc(N)c1C. The Hall–Kier alpha value is -1.36. The lowest BCUT2D eigenvalue weighted by Crippen LogP contribution is -2.33. The van der Waals surface area contributed by atoms with E-state index < -0.39 is 0 Å². The van der Waals surface area contributed by atoms with Crippen molar-refractivity contribution in [3.05, 3.63) is 11.4 Å². The summed E-state index contributed by atoms with van der Waals surface area (Å²) >= 11 is 0. The summed E-state index contributed by atoms with van der Waals surface area (Å²) in [4.78, 5) is 8.95. The fourth-order valence-electron chi connectivity index (χ4n) is 1.41. The summed E-state index contributed by atoms with van der Waals surface area (Å²) in [6.45, 7) is 12.8. The van der Waals surface area contributed by atoms with Crippen LogP contribution in [0.25, 0.3) is 0 Å². The third kappa shape index (κ3) is 4.06. The van der Waals surface area contributed by atoms with Crippen LogP contribution < -0.4 is 11.1 Å². The number of nitrogens with two attached hydrogens (primary N) is 1. The highest BCUT2D eigenvalue weighted by Crippen LogP contribution is 2.25. The Morgan fingerprint density at radius 3 is 2.21 bits per heavy atom. The Balaban J connectivity index is 3.04. The van der Waals surface area contributed by atoms with E-state index >= 15 is 0 Å². The second-order valence-electron chi connectivity index (χ2n) is 6.47. The molecular formula is C14H26N4O. The number of anilines is 2. The van der Waals surface area contributed by atoms with Gasteiger partial charge in [0.05, 0.1) is 5.60 Å². The van der Waals surface area contributed by atoms with Gasteiger partial charge in [0.2, 0.25) is 0 Å². The van der Waals surface area contributed by atoms with Crippen molar-refractivity contribution >= 4 is 11.6 Å². The van der Waals surface area contributed by atoms with E-state index in [0.29, 0.717) is 12.4 Å². The molecule has 0 radical (unpaired) electrons. The molecule has 0 amide bonds. The van der Waals surface area contributed by atoms with Gasteiger partial charge in [-0.15, -0.1) is 0 Å². The first-order valence-electron chi connectivity index (χ1n) is 6.50. The zero-order chi connectivity index (χ0) is 14.8. The second kappa shape index (κ2) is 5.33. The van der Waals surface area contributed by atoms with Gasteiger partial charge in [0, 0.05) is 24.6 Å². The van der Waals surface area contributed by atoms with Crippen LogP contribution in [0.2, 0.25) is 0 Å². The number of nitrogen functional groups attached to an aromatic ring is 1. The van der Waals surface area contributed by atoms with E-state index in [0.717, 1.165) is 17.2 Å². The largest absolute Gasteiger partial charge is 0.383 e. The molecule has 0 aliphatic rings. The van der Waals surface area contributed by atoms with Crippen LogP contribution in [0, 0.1) is 6.92 Å². The first-order valence-corrected chi connectivity index (χ1v) is 6.50. The fraction of sp³-hybridized carbons (Fsp3) is 0.714. The Labute approximate surface area is 116 Å². The van der Waals surface area contributed by atoms with Crippen LogP contribution in [-0.4, -0.2) is 29.2 Å². The van der Waals surface area contributed by atoms with Gasteiger partial charge in [-0.05, 0) is 20.8 Å². The van der Waals surface area contributed by atoms with E-state index in [1.807, 2.05) is 20.8 Å². The van der Waals surface area contributed by atoms with Gasteiger partial charge in [-0.25, -0.2) is 9.97 Å². The van der Waals surface area contributed by atoms with Gasteiger partial charge >= 0.3 is 0 Å². The third-order valence-electron chi connectivity index (χ3n) is 3.09. The van der Waals surface area contributed by atoms with Crippen LogP contribution >= 0.6 is 0 Å². The van der Waals surface area contributed by atoms with Gasteiger partial charge in [-0.3, -0.25) is 0 Å². The number of hydrogen-bond acceptors (Lipinski definition) is 5.